The molecule has 1 saturated heterocycles. The zero-order chi connectivity index (χ0) is 24.7. The van der Waals surface area contributed by atoms with Crippen molar-refractivity contribution in [2.45, 2.75) is 32.5 Å². The lowest BCUT2D eigenvalue weighted by molar-refractivity contribution is -0.329. The second-order valence-electron chi connectivity index (χ2n) is 9.32. The minimum Gasteiger partial charge on any atom is -0.497 e. The number of pyridine rings is 1. The molecule has 3 aromatic rings. The van der Waals surface area contributed by atoms with Gasteiger partial charge in [0.25, 0.3) is 11.7 Å². The average Bonchev–Trinajstić information content (AvgIpc) is 3.20. The second-order valence-corrected chi connectivity index (χ2v) is 10.3. The third-order valence-electron chi connectivity index (χ3n) is 6.53. The molecule has 0 aliphatic carbocycles. The number of thiophene rings is 1. The Kier molecular flexibility index (Phi) is 6.20. The minimum atomic E-state index is -0.323. The van der Waals surface area contributed by atoms with Crippen molar-refractivity contribution in [2.75, 3.05) is 56.5 Å². The van der Waals surface area contributed by atoms with Gasteiger partial charge in [0, 0.05) is 12.5 Å². The highest BCUT2D eigenvalue weighted by molar-refractivity contribution is 7.21. The molecule has 0 saturated carbocycles. The van der Waals surface area contributed by atoms with Gasteiger partial charge in [0.2, 0.25) is 0 Å². The quantitative estimate of drug-likeness (QED) is 0.555. The van der Waals surface area contributed by atoms with Gasteiger partial charge in [-0.2, -0.15) is 0 Å². The number of amides is 1. The number of carbonyl (C=O) groups is 1. The number of anilines is 3. The van der Waals surface area contributed by atoms with Crippen LogP contribution in [0, 0.1) is 0 Å². The van der Waals surface area contributed by atoms with Crippen molar-refractivity contribution in [3.63, 3.8) is 0 Å². The van der Waals surface area contributed by atoms with E-state index in [1.165, 1.54) is 11.3 Å². The Morgan fingerprint density at radius 2 is 1.97 bits per heavy atom. The fourth-order valence-corrected chi connectivity index (χ4v) is 5.75. The smallest absolute Gasteiger partial charge is 0.281 e. The molecule has 9 nitrogen and oxygen atoms in total. The molecule has 4 heterocycles. The van der Waals surface area contributed by atoms with Gasteiger partial charge in [0.1, 0.15) is 29.5 Å². The highest BCUT2D eigenvalue weighted by Crippen LogP contribution is 2.42. The van der Waals surface area contributed by atoms with Gasteiger partial charge in [-0.1, -0.05) is 11.3 Å². The summed E-state index contributed by atoms with van der Waals surface area (Å²) < 4.78 is 22.4. The lowest BCUT2D eigenvalue weighted by Crippen LogP contribution is -2.42. The van der Waals surface area contributed by atoms with Gasteiger partial charge in [-0.3, -0.25) is 9.69 Å². The number of nitrogens with zero attached hydrogens (tertiary/aromatic N) is 1. The number of ether oxygens (including phenoxy) is 4. The summed E-state index contributed by atoms with van der Waals surface area (Å²) in [5.41, 5.74) is 9.61. The summed E-state index contributed by atoms with van der Waals surface area (Å²) in [5, 5.41) is 3.86. The largest absolute Gasteiger partial charge is 0.497 e. The summed E-state index contributed by atoms with van der Waals surface area (Å²) in [6, 6.07) is 5.25. The van der Waals surface area contributed by atoms with Crippen LogP contribution in [0.2, 0.25) is 0 Å². The summed E-state index contributed by atoms with van der Waals surface area (Å²) in [7, 11) is 3.13. The number of morpholine rings is 1. The zero-order valence-electron chi connectivity index (χ0n) is 20.4. The van der Waals surface area contributed by atoms with Crippen molar-refractivity contribution < 1.29 is 28.7 Å². The SMILES string of the molecule is COc1ccc(NC(=O)c2sc3[nH+]c(N4CCOCC4)c4c(c3c2N)CC(C)(C)OC4)c(OC)c1. The average molecular weight is 500 g/mol. The van der Waals surface area contributed by atoms with E-state index in [0.29, 0.717) is 54.0 Å². The molecule has 35 heavy (non-hydrogen) atoms. The molecule has 2 aliphatic rings. The van der Waals surface area contributed by atoms with Gasteiger partial charge < -0.3 is 30.0 Å². The molecular formula is C25H31N4O5S+. The lowest BCUT2D eigenvalue weighted by Gasteiger charge is -2.33. The summed E-state index contributed by atoms with van der Waals surface area (Å²) in [5.74, 6) is 1.89. The van der Waals surface area contributed by atoms with Crippen molar-refractivity contribution in [3.8, 4) is 11.5 Å². The Morgan fingerprint density at radius 3 is 2.69 bits per heavy atom. The van der Waals surface area contributed by atoms with Crippen LogP contribution < -0.4 is 30.4 Å². The first-order chi connectivity index (χ1) is 16.8. The minimum absolute atomic E-state index is 0.284. The number of nitrogen functional groups attached to an aromatic ring is 1. The highest BCUT2D eigenvalue weighted by atomic mass is 32.1. The summed E-state index contributed by atoms with van der Waals surface area (Å²) in [4.78, 5) is 20.6. The number of H-pyrrole nitrogens is 1. The number of fused-ring (bicyclic) bond motifs is 3. The number of rotatable bonds is 5. The van der Waals surface area contributed by atoms with Gasteiger partial charge in [0.15, 0.2) is 4.83 Å². The summed E-state index contributed by atoms with van der Waals surface area (Å²) >= 11 is 1.37. The molecule has 186 valence electrons. The second kappa shape index (κ2) is 9.18. The molecule has 0 unspecified atom stereocenters. The van der Waals surface area contributed by atoms with Crippen LogP contribution in [0.15, 0.2) is 18.2 Å². The van der Waals surface area contributed by atoms with E-state index in [2.05, 4.69) is 29.0 Å². The highest BCUT2D eigenvalue weighted by Gasteiger charge is 2.37. The molecule has 0 spiro atoms. The Bertz CT molecular complexity index is 1280. The third-order valence-corrected chi connectivity index (χ3v) is 7.65. The molecule has 10 heteroatoms. The lowest BCUT2D eigenvalue weighted by atomic mass is 9.89. The van der Waals surface area contributed by atoms with Crippen molar-refractivity contribution >= 4 is 44.7 Å². The normalized spacial score (nSPS) is 17.2. The van der Waals surface area contributed by atoms with E-state index >= 15 is 0 Å². The number of hydrogen-bond donors (Lipinski definition) is 2. The van der Waals surface area contributed by atoms with Gasteiger partial charge in [0.05, 0.1) is 62.0 Å². The number of nitrogens with two attached hydrogens (primary N) is 1. The molecule has 1 aromatic carbocycles. The fourth-order valence-electron chi connectivity index (χ4n) is 4.71. The van der Waals surface area contributed by atoms with Crippen LogP contribution >= 0.6 is 11.3 Å². The first-order valence-electron chi connectivity index (χ1n) is 11.6. The maximum Gasteiger partial charge on any atom is 0.281 e. The molecule has 0 atom stereocenters. The molecule has 5 rings (SSSR count). The number of hydrogen-bond acceptors (Lipinski definition) is 8. The molecule has 0 radical (unpaired) electrons. The third kappa shape index (κ3) is 4.37. The van der Waals surface area contributed by atoms with E-state index in [0.717, 1.165) is 40.3 Å². The van der Waals surface area contributed by atoms with Gasteiger partial charge in [-0.25, -0.2) is 4.98 Å². The maximum atomic E-state index is 13.4. The van der Waals surface area contributed by atoms with E-state index in [4.69, 9.17) is 24.7 Å². The molecule has 2 aromatic heterocycles. The number of aromatic amines is 1. The molecule has 1 amide bonds. The molecule has 0 bridgehead atoms. The van der Waals surface area contributed by atoms with E-state index in [9.17, 15) is 4.79 Å². The first-order valence-corrected chi connectivity index (χ1v) is 12.4. The van der Waals surface area contributed by atoms with E-state index < -0.39 is 0 Å². The van der Waals surface area contributed by atoms with Crippen molar-refractivity contribution in [2.24, 2.45) is 0 Å². The number of nitrogens with one attached hydrogen (secondary N) is 2. The van der Waals surface area contributed by atoms with Crippen LogP contribution in [0.25, 0.3) is 10.2 Å². The monoisotopic (exact) mass is 499 g/mol. The number of benzene rings is 1. The maximum absolute atomic E-state index is 13.4. The number of aromatic nitrogens is 1. The van der Waals surface area contributed by atoms with Crippen LogP contribution in [0.3, 0.4) is 0 Å². The van der Waals surface area contributed by atoms with E-state index in [-0.39, 0.29) is 11.5 Å². The fraction of sp³-hybridized carbons (Fsp3) is 0.440. The number of methoxy groups -OCH3 is 2. The van der Waals surface area contributed by atoms with Crippen LogP contribution in [0.4, 0.5) is 17.2 Å². The molecule has 1 fully saturated rings. The van der Waals surface area contributed by atoms with Crippen molar-refractivity contribution in [1.82, 2.24) is 0 Å². The van der Waals surface area contributed by atoms with E-state index in [1.807, 2.05) is 0 Å². The topological polar surface area (TPSA) is 109 Å². The predicted molar refractivity (Wildman–Crippen MR) is 136 cm³/mol. The number of carbonyl (C=O) groups excluding carboxylic acids is 1. The Labute approximate surface area is 208 Å². The predicted octanol–water partition coefficient (Wildman–Crippen LogP) is 3.26. The van der Waals surface area contributed by atoms with E-state index in [1.54, 1.807) is 32.4 Å². The summed E-state index contributed by atoms with van der Waals surface area (Å²) in [6.07, 6.45) is 0.707. The molecule has 4 N–H and O–H groups in total. The van der Waals surface area contributed by atoms with Gasteiger partial charge in [-0.05, 0) is 31.5 Å². The van der Waals surface area contributed by atoms with Gasteiger partial charge in [-0.15, -0.1) is 0 Å². The molecular weight excluding hydrogens is 468 g/mol. The zero-order valence-corrected chi connectivity index (χ0v) is 21.3. The molecule has 2 aliphatic heterocycles. The van der Waals surface area contributed by atoms with Crippen LogP contribution in [-0.4, -0.2) is 52.0 Å². The Morgan fingerprint density at radius 1 is 1.20 bits per heavy atom. The van der Waals surface area contributed by atoms with Crippen LogP contribution in [-0.2, 0) is 22.5 Å². The Hall–Kier alpha value is -3.08. The van der Waals surface area contributed by atoms with Crippen LogP contribution in [0.1, 0.15) is 34.6 Å². The Balaban J connectivity index is 1.58. The standard InChI is InChI=1S/C25H30N4O5S/c1-25(2)12-15-16(13-34-25)22(29-7-9-33-10-8-29)28-24-19(15)20(26)21(35-24)23(30)27-17-6-5-14(31-3)11-18(17)32-4/h5-6,11H,7-10,12-13,26H2,1-4H3,(H,27,30)/p+1. The van der Waals surface area contributed by atoms with Gasteiger partial charge >= 0.3 is 0 Å². The van der Waals surface area contributed by atoms with Crippen molar-refractivity contribution in [1.29, 1.82) is 0 Å². The first kappa shape index (κ1) is 23.7. The van der Waals surface area contributed by atoms with Crippen LogP contribution in [0.5, 0.6) is 11.5 Å². The van der Waals surface area contributed by atoms with Crippen molar-refractivity contribution in [3.05, 3.63) is 34.2 Å². The summed E-state index contributed by atoms with van der Waals surface area (Å²) in [6.45, 7) is 7.60.